The molecule has 0 saturated heterocycles. The highest BCUT2D eigenvalue weighted by atomic mass is 79.9. The van der Waals surface area contributed by atoms with Crippen LogP contribution in [0.15, 0.2) is 46.9 Å². The second kappa shape index (κ2) is 6.43. The molecule has 2 aromatic rings. The number of carbonyl (C=O) groups excluding carboxylic acids is 1. The van der Waals surface area contributed by atoms with Gasteiger partial charge in [-0.3, -0.25) is 0 Å². The van der Waals surface area contributed by atoms with Crippen LogP contribution in [0, 0.1) is 0 Å². The molecule has 0 saturated carbocycles. The minimum absolute atomic E-state index is 0.272. The van der Waals surface area contributed by atoms with E-state index in [4.69, 9.17) is 15.2 Å². The van der Waals surface area contributed by atoms with E-state index in [0.29, 0.717) is 23.7 Å². The van der Waals surface area contributed by atoms with Crippen molar-refractivity contribution >= 4 is 27.6 Å². The molecule has 0 aliphatic carbocycles. The van der Waals surface area contributed by atoms with E-state index >= 15 is 0 Å². The number of hydrogen-bond acceptors (Lipinski definition) is 4. The molecule has 0 aliphatic heterocycles. The molecule has 0 spiro atoms. The number of carbonyl (C=O) groups is 1. The van der Waals surface area contributed by atoms with Crippen LogP contribution in [0.5, 0.6) is 11.5 Å². The van der Waals surface area contributed by atoms with Gasteiger partial charge in [0, 0.05) is 4.47 Å². The smallest absolute Gasteiger partial charge is 0.340 e. The normalized spacial score (nSPS) is 10.1. The first-order valence-corrected chi connectivity index (χ1v) is 6.90. The lowest BCUT2D eigenvalue weighted by Gasteiger charge is -2.11. The fourth-order valence-electron chi connectivity index (χ4n) is 1.65. The Bertz CT molecular complexity index is 611. The van der Waals surface area contributed by atoms with E-state index < -0.39 is 5.97 Å². The van der Waals surface area contributed by atoms with Crippen LogP contribution in [-0.4, -0.2) is 12.6 Å². The summed E-state index contributed by atoms with van der Waals surface area (Å²) < 4.78 is 11.6. The van der Waals surface area contributed by atoms with Gasteiger partial charge in [-0.1, -0.05) is 22.0 Å². The van der Waals surface area contributed by atoms with E-state index in [2.05, 4.69) is 15.9 Å². The summed E-state index contributed by atoms with van der Waals surface area (Å²) in [4.78, 5) is 11.8. The van der Waals surface area contributed by atoms with Gasteiger partial charge in [0.15, 0.2) is 5.75 Å². The largest absolute Gasteiger partial charge is 0.462 e. The van der Waals surface area contributed by atoms with Crippen molar-refractivity contribution in [1.29, 1.82) is 0 Å². The van der Waals surface area contributed by atoms with Crippen molar-refractivity contribution in [2.24, 2.45) is 0 Å². The lowest BCUT2D eigenvalue weighted by atomic mass is 10.1. The van der Waals surface area contributed by atoms with Gasteiger partial charge in [-0.15, -0.1) is 0 Å². The molecule has 2 aromatic carbocycles. The standard InChI is InChI=1S/C15H14BrNO3/c1-2-19-15(18)12-4-3-5-13(14(12)17)20-11-8-6-10(16)7-9-11/h3-9H,2,17H2,1H3. The summed E-state index contributed by atoms with van der Waals surface area (Å²) in [5.41, 5.74) is 6.54. The zero-order chi connectivity index (χ0) is 14.5. The number of nitrogen functional groups attached to an aromatic ring is 1. The fraction of sp³-hybridized carbons (Fsp3) is 0.133. The third-order valence-electron chi connectivity index (χ3n) is 2.60. The van der Waals surface area contributed by atoms with Gasteiger partial charge in [-0.25, -0.2) is 4.79 Å². The number of hydrogen-bond donors (Lipinski definition) is 1. The zero-order valence-electron chi connectivity index (χ0n) is 10.9. The minimum Gasteiger partial charge on any atom is -0.462 e. The summed E-state index contributed by atoms with van der Waals surface area (Å²) >= 11 is 3.35. The molecule has 0 aliphatic rings. The van der Waals surface area contributed by atoms with Gasteiger partial charge >= 0.3 is 5.97 Å². The number of anilines is 1. The molecule has 0 fully saturated rings. The molecule has 0 heterocycles. The SMILES string of the molecule is CCOC(=O)c1cccc(Oc2ccc(Br)cc2)c1N. The first kappa shape index (κ1) is 14.4. The van der Waals surface area contributed by atoms with Gasteiger partial charge in [0.2, 0.25) is 0 Å². The highest BCUT2D eigenvalue weighted by Crippen LogP contribution is 2.30. The summed E-state index contributed by atoms with van der Waals surface area (Å²) in [6.07, 6.45) is 0. The number of nitrogens with two attached hydrogens (primary N) is 1. The highest BCUT2D eigenvalue weighted by Gasteiger charge is 2.14. The predicted molar refractivity (Wildman–Crippen MR) is 81.0 cm³/mol. The van der Waals surface area contributed by atoms with Crippen LogP contribution in [-0.2, 0) is 4.74 Å². The van der Waals surface area contributed by atoms with E-state index in [0.717, 1.165) is 4.47 Å². The summed E-state index contributed by atoms with van der Waals surface area (Å²) in [6, 6.07) is 12.4. The van der Waals surface area contributed by atoms with Gasteiger partial charge in [0.05, 0.1) is 17.9 Å². The van der Waals surface area contributed by atoms with Crippen molar-refractivity contribution in [3.63, 3.8) is 0 Å². The molecule has 0 unspecified atom stereocenters. The second-order valence-corrected chi connectivity index (χ2v) is 4.91. The van der Waals surface area contributed by atoms with Crippen LogP contribution in [0.3, 0.4) is 0 Å². The molecule has 104 valence electrons. The maximum atomic E-state index is 11.8. The summed E-state index contributed by atoms with van der Waals surface area (Å²) in [7, 11) is 0. The van der Waals surface area contributed by atoms with E-state index in [1.165, 1.54) is 0 Å². The lowest BCUT2D eigenvalue weighted by molar-refractivity contribution is 0.0527. The summed E-state index contributed by atoms with van der Waals surface area (Å²) in [6.45, 7) is 2.05. The number of para-hydroxylation sites is 1. The van der Waals surface area contributed by atoms with Crippen molar-refractivity contribution in [2.75, 3.05) is 12.3 Å². The molecule has 5 heteroatoms. The first-order chi connectivity index (χ1) is 9.61. The number of esters is 1. The molecule has 2 rings (SSSR count). The Morgan fingerprint density at radius 3 is 2.55 bits per heavy atom. The van der Waals surface area contributed by atoms with E-state index in [1.54, 1.807) is 37.3 Å². The van der Waals surface area contributed by atoms with Gasteiger partial charge < -0.3 is 15.2 Å². The Morgan fingerprint density at radius 2 is 1.90 bits per heavy atom. The third-order valence-corrected chi connectivity index (χ3v) is 3.13. The van der Waals surface area contributed by atoms with Gasteiger partial charge in [-0.2, -0.15) is 0 Å². The van der Waals surface area contributed by atoms with Gasteiger partial charge in [0.1, 0.15) is 5.75 Å². The monoisotopic (exact) mass is 335 g/mol. The molecular formula is C15H14BrNO3. The number of benzene rings is 2. The maximum Gasteiger partial charge on any atom is 0.340 e. The molecule has 0 atom stereocenters. The van der Waals surface area contributed by atoms with Crippen molar-refractivity contribution in [1.82, 2.24) is 0 Å². The van der Waals surface area contributed by atoms with Crippen LogP contribution in [0.4, 0.5) is 5.69 Å². The first-order valence-electron chi connectivity index (χ1n) is 6.11. The molecular weight excluding hydrogens is 322 g/mol. The Hall–Kier alpha value is -2.01. The Morgan fingerprint density at radius 1 is 1.20 bits per heavy atom. The number of rotatable bonds is 4. The zero-order valence-corrected chi connectivity index (χ0v) is 12.5. The van der Waals surface area contributed by atoms with Crippen molar-refractivity contribution in [2.45, 2.75) is 6.92 Å². The second-order valence-electron chi connectivity index (χ2n) is 3.99. The van der Waals surface area contributed by atoms with Crippen molar-refractivity contribution in [3.05, 3.63) is 52.5 Å². The fourth-order valence-corrected chi connectivity index (χ4v) is 1.91. The minimum atomic E-state index is -0.453. The van der Waals surface area contributed by atoms with E-state index in [1.807, 2.05) is 12.1 Å². The molecule has 0 bridgehead atoms. The van der Waals surface area contributed by atoms with Gasteiger partial charge in [-0.05, 0) is 43.3 Å². The third kappa shape index (κ3) is 3.30. The lowest BCUT2D eigenvalue weighted by Crippen LogP contribution is -2.08. The van der Waals surface area contributed by atoms with Crippen LogP contribution >= 0.6 is 15.9 Å². The molecule has 2 N–H and O–H groups in total. The predicted octanol–water partition coefficient (Wildman–Crippen LogP) is 4.00. The Labute approximate surface area is 125 Å². The number of halogens is 1. The van der Waals surface area contributed by atoms with Crippen LogP contribution in [0.2, 0.25) is 0 Å². The average Bonchev–Trinajstić information content (AvgIpc) is 2.44. The Balaban J connectivity index is 2.26. The van der Waals surface area contributed by atoms with Crippen LogP contribution in [0.1, 0.15) is 17.3 Å². The Kier molecular flexibility index (Phi) is 4.63. The van der Waals surface area contributed by atoms with Gasteiger partial charge in [0.25, 0.3) is 0 Å². The van der Waals surface area contributed by atoms with Crippen molar-refractivity contribution < 1.29 is 14.3 Å². The van der Waals surface area contributed by atoms with Crippen LogP contribution in [0.25, 0.3) is 0 Å². The molecule has 0 aromatic heterocycles. The molecule has 0 amide bonds. The van der Waals surface area contributed by atoms with Crippen molar-refractivity contribution in [3.8, 4) is 11.5 Å². The maximum absolute atomic E-state index is 11.8. The quantitative estimate of drug-likeness (QED) is 0.677. The summed E-state index contributed by atoms with van der Waals surface area (Å²) in [5, 5.41) is 0. The molecule has 0 radical (unpaired) electrons. The average molecular weight is 336 g/mol. The highest BCUT2D eigenvalue weighted by molar-refractivity contribution is 9.10. The topological polar surface area (TPSA) is 61.5 Å². The van der Waals surface area contributed by atoms with E-state index in [9.17, 15) is 4.79 Å². The molecule has 4 nitrogen and oxygen atoms in total. The summed E-state index contributed by atoms with van der Waals surface area (Å²) in [5.74, 6) is 0.616. The van der Waals surface area contributed by atoms with E-state index in [-0.39, 0.29) is 5.69 Å². The molecule has 20 heavy (non-hydrogen) atoms. The number of ether oxygens (including phenoxy) is 2. The van der Waals surface area contributed by atoms with Crippen LogP contribution < -0.4 is 10.5 Å².